The van der Waals surface area contributed by atoms with Crippen LogP contribution in [0, 0.1) is 0 Å². The molecule has 0 bridgehead atoms. The average Bonchev–Trinajstić information content (AvgIpc) is 3.64. The zero-order valence-electron chi connectivity index (χ0n) is 27.5. The van der Waals surface area contributed by atoms with Crippen molar-refractivity contribution < 1.29 is 22.8 Å². The standard InChI is InChI=1S/C38H36ClN5O5S/c1-38(2,48-33-17-9-28(10-18-33)27-7-13-31(39)14-8-27)37-42-36(43-49-37)29-11-19-34(20-12-29)50(46,47)44-32-15-5-26(6-16-32)21-23-41-25-35(45)30-4-3-22-40-24-30/h3-20,22,24,35,41,44-45H,21,23,25H2,1-2H3. The molecule has 256 valence electrons. The highest BCUT2D eigenvalue weighted by Crippen LogP contribution is 2.31. The molecule has 0 saturated carbocycles. The Morgan fingerprint density at radius 2 is 1.54 bits per heavy atom. The molecule has 50 heavy (non-hydrogen) atoms. The minimum Gasteiger partial charge on any atom is -0.478 e. The van der Waals surface area contributed by atoms with Crippen LogP contribution in [-0.2, 0) is 22.0 Å². The van der Waals surface area contributed by atoms with Gasteiger partial charge in [0.1, 0.15) is 5.75 Å². The molecule has 4 aromatic carbocycles. The predicted octanol–water partition coefficient (Wildman–Crippen LogP) is 7.43. The molecular weight excluding hydrogens is 674 g/mol. The second-order valence-electron chi connectivity index (χ2n) is 12.1. The van der Waals surface area contributed by atoms with E-state index < -0.39 is 21.7 Å². The number of sulfonamides is 1. The summed E-state index contributed by atoms with van der Waals surface area (Å²) >= 11 is 6.01. The molecule has 2 aromatic heterocycles. The first kappa shape index (κ1) is 34.8. The van der Waals surface area contributed by atoms with Gasteiger partial charge in [-0.15, -0.1) is 0 Å². The quantitative estimate of drug-likeness (QED) is 0.0985. The first-order valence-corrected chi connectivity index (χ1v) is 17.8. The van der Waals surface area contributed by atoms with Gasteiger partial charge in [0.15, 0.2) is 5.60 Å². The summed E-state index contributed by atoms with van der Waals surface area (Å²) in [5, 5.41) is 18.3. The van der Waals surface area contributed by atoms with Gasteiger partial charge < -0.3 is 19.7 Å². The number of pyridine rings is 1. The average molecular weight is 710 g/mol. The fourth-order valence-electron chi connectivity index (χ4n) is 5.18. The summed E-state index contributed by atoms with van der Waals surface area (Å²) in [5.74, 6) is 1.21. The number of hydrogen-bond acceptors (Lipinski definition) is 9. The second-order valence-corrected chi connectivity index (χ2v) is 14.3. The van der Waals surface area contributed by atoms with Gasteiger partial charge in [-0.1, -0.05) is 59.2 Å². The van der Waals surface area contributed by atoms with Crippen LogP contribution in [0.2, 0.25) is 5.02 Å². The van der Waals surface area contributed by atoms with Gasteiger partial charge in [-0.3, -0.25) is 9.71 Å². The van der Waals surface area contributed by atoms with Crippen LogP contribution in [0.25, 0.3) is 22.5 Å². The molecular formula is C38H36ClN5O5S. The van der Waals surface area contributed by atoms with Crippen molar-refractivity contribution in [3.05, 3.63) is 144 Å². The number of ether oxygens (including phenoxy) is 1. The van der Waals surface area contributed by atoms with Crippen molar-refractivity contribution in [1.82, 2.24) is 20.4 Å². The maximum atomic E-state index is 13.1. The molecule has 1 atom stereocenters. The number of aliphatic hydroxyl groups is 1. The summed E-state index contributed by atoms with van der Waals surface area (Å²) in [7, 11) is -3.84. The molecule has 0 spiro atoms. The molecule has 0 aliphatic carbocycles. The van der Waals surface area contributed by atoms with Crippen molar-refractivity contribution in [2.24, 2.45) is 0 Å². The van der Waals surface area contributed by atoms with Gasteiger partial charge in [-0.05, 0) is 110 Å². The van der Waals surface area contributed by atoms with Crippen molar-refractivity contribution in [3.63, 3.8) is 0 Å². The molecule has 0 radical (unpaired) electrons. The van der Waals surface area contributed by atoms with E-state index in [1.165, 1.54) is 12.1 Å². The zero-order chi connectivity index (χ0) is 35.1. The van der Waals surface area contributed by atoms with Crippen LogP contribution < -0.4 is 14.8 Å². The number of rotatable bonds is 14. The number of halogens is 1. The van der Waals surface area contributed by atoms with E-state index in [4.69, 9.17) is 20.9 Å². The van der Waals surface area contributed by atoms with Gasteiger partial charge in [0.05, 0.1) is 11.0 Å². The molecule has 0 aliphatic rings. The van der Waals surface area contributed by atoms with Gasteiger partial charge >= 0.3 is 0 Å². The summed E-state index contributed by atoms with van der Waals surface area (Å²) in [6.45, 7) is 4.73. The van der Waals surface area contributed by atoms with Crippen LogP contribution in [-0.4, -0.2) is 41.7 Å². The Kier molecular flexibility index (Phi) is 10.6. The molecule has 2 heterocycles. The smallest absolute Gasteiger partial charge is 0.270 e. The van der Waals surface area contributed by atoms with Crippen molar-refractivity contribution in [1.29, 1.82) is 0 Å². The van der Waals surface area contributed by atoms with E-state index >= 15 is 0 Å². The fourth-order valence-corrected chi connectivity index (χ4v) is 6.37. The Balaban J connectivity index is 1.02. The minimum absolute atomic E-state index is 0.0936. The third-order valence-corrected chi connectivity index (χ3v) is 9.62. The van der Waals surface area contributed by atoms with E-state index in [1.807, 2.05) is 80.6 Å². The third-order valence-electron chi connectivity index (χ3n) is 7.97. The molecule has 6 rings (SSSR count). The summed E-state index contributed by atoms with van der Waals surface area (Å²) in [6, 6.07) is 32.4. The number of nitrogens with zero attached hydrogens (tertiary/aromatic N) is 3. The number of aliphatic hydroxyl groups excluding tert-OH is 1. The number of anilines is 1. The predicted molar refractivity (Wildman–Crippen MR) is 193 cm³/mol. The largest absolute Gasteiger partial charge is 0.478 e. The molecule has 10 nitrogen and oxygen atoms in total. The number of benzene rings is 4. The lowest BCUT2D eigenvalue weighted by molar-refractivity contribution is 0.0692. The van der Waals surface area contributed by atoms with Crippen molar-refractivity contribution in [2.75, 3.05) is 17.8 Å². The van der Waals surface area contributed by atoms with Crippen LogP contribution >= 0.6 is 11.6 Å². The number of aromatic nitrogens is 3. The van der Waals surface area contributed by atoms with E-state index in [-0.39, 0.29) is 10.8 Å². The molecule has 0 fully saturated rings. The van der Waals surface area contributed by atoms with E-state index in [9.17, 15) is 13.5 Å². The lowest BCUT2D eigenvalue weighted by Crippen LogP contribution is -2.25. The van der Waals surface area contributed by atoms with Crippen molar-refractivity contribution in [3.8, 4) is 28.3 Å². The Bertz CT molecular complexity index is 2110. The highest BCUT2D eigenvalue weighted by atomic mass is 35.5. The molecule has 0 saturated heterocycles. The van der Waals surface area contributed by atoms with Crippen molar-refractivity contribution >= 4 is 27.3 Å². The number of hydrogen-bond donors (Lipinski definition) is 3. The van der Waals surface area contributed by atoms with Crippen LogP contribution in [0.1, 0.15) is 37.0 Å². The van der Waals surface area contributed by atoms with Crippen molar-refractivity contribution in [2.45, 2.75) is 36.9 Å². The van der Waals surface area contributed by atoms with Crippen LogP contribution in [0.4, 0.5) is 5.69 Å². The van der Waals surface area contributed by atoms with Gasteiger partial charge in [0.25, 0.3) is 15.9 Å². The van der Waals surface area contributed by atoms with E-state index in [0.717, 1.165) is 22.3 Å². The highest BCUT2D eigenvalue weighted by molar-refractivity contribution is 7.92. The van der Waals surface area contributed by atoms with Gasteiger partial charge in [0.2, 0.25) is 5.82 Å². The molecule has 3 N–H and O–H groups in total. The summed E-state index contributed by atoms with van der Waals surface area (Å²) < 4.78 is 40.7. The summed E-state index contributed by atoms with van der Waals surface area (Å²) in [5.41, 5.74) is 3.96. The van der Waals surface area contributed by atoms with E-state index in [0.29, 0.717) is 47.4 Å². The van der Waals surface area contributed by atoms with Gasteiger partial charge in [0, 0.05) is 40.8 Å². The monoisotopic (exact) mass is 709 g/mol. The maximum absolute atomic E-state index is 13.1. The number of nitrogens with one attached hydrogen (secondary N) is 2. The molecule has 0 aliphatic heterocycles. The Labute approximate surface area is 296 Å². The van der Waals surface area contributed by atoms with Gasteiger partial charge in [-0.25, -0.2) is 8.42 Å². The first-order valence-electron chi connectivity index (χ1n) is 16.0. The molecule has 1 unspecified atom stereocenters. The minimum atomic E-state index is -3.84. The Morgan fingerprint density at radius 3 is 2.20 bits per heavy atom. The van der Waals surface area contributed by atoms with Gasteiger partial charge in [-0.2, -0.15) is 4.98 Å². The van der Waals surface area contributed by atoms with Crippen LogP contribution in [0.5, 0.6) is 5.75 Å². The van der Waals surface area contributed by atoms with Crippen LogP contribution in [0.3, 0.4) is 0 Å². The van der Waals surface area contributed by atoms with E-state index in [2.05, 4.69) is 25.2 Å². The maximum Gasteiger partial charge on any atom is 0.270 e. The normalized spacial score (nSPS) is 12.4. The first-order chi connectivity index (χ1) is 24.1. The lowest BCUT2D eigenvalue weighted by Gasteiger charge is -2.22. The summed E-state index contributed by atoms with van der Waals surface area (Å²) in [4.78, 5) is 8.66. The third kappa shape index (κ3) is 8.74. The molecule has 0 amide bonds. The Hall–Kier alpha value is -5.07. The molecule has 6 aromatic rings. The Morgan fingerprint density at radius 1 is 0.880 bits per heavy atom. The summed E-state index contributed by atoms with van der Waals surface area (Å²) in [6.07, 6.45) is 3.39. The second kappa shape index (κ2) is 15.2. The highest BCUT2D eigenvalue weighted by Gasteiger charge is 2.30. The topological polar surface area (TPSA) is 139 Å². The van der Waals surface area contributed by atoms with E-state index in [1.54, 1.807) is 42.7 Å². The zero-order valence-corrected chi connectivity index (χ0v) is 29.0. The van der Waals surface area contributed by atoms with Crippen LogP contribution in [0.15, 0.2) is 131 Å². The lowest BCUT2D eigenvalue weighted by atomic mass is 10.1. The fraction of sp³-hybridized carbons (Fsp3) is 0.184. The molecule has 12 heteroatoms. The SMILES string of the molecule is CC(C)(Oc1ccc(-c2ccc(Cl)cc2)cc1)c1nc(-c2ccc(S(=O)(=O)Nc3ccc(CCNCC(O)c4cccnc4)cc3)cc2)no1.